The average Bonchev–Trinajstić information content (AvgIpc) is 2.55. The topological polar surface area (TPSA) is 66.5 Å². The maximum atomic E-state index is 14.2. The van der Waals surface area contributed by atoms with Crippen molar-refractivity contribution in [1.82, 2.24) is 9.62 Å². The van der Waals surface area contributed by atoms with E-state index >= 15 is 0 Å². The number of hydrogen-bond donors (Lipinski definition) is 1. The van der Waals surface area contributed by atoms with Crippen LogP contribution in [0.25, 0.3) is 0 Å². The lowest BCUT2D eigenvalue weighted by Gasteiger charge is -2.34. The van der Waals surface area contributed by atoms with Gasteiger partial charge in [-0.15, -0.1) is 0 Å². The lowest BCUT2D eigenvalue weighted by molar-refractivity contribution is -0.127. The zero-order valence-corrected chi connectivity index (χ0v) is 14.0. The number of carbonyl (C=O) groups is 1. The number of carbonyl (C=O) groups excluding carboxylic acids is 1. The van der Waals surface area contributed by atoms with Crippen molar-refractivity contribution in [2.24, 2.45) is 0 Å². The largest absolute Gasteiger partial charge is 0.353 e. The summed E-state index contributed by atoms with van der Waals surface area (Å²) in [4.78, 5) is 12.3. The number of amides is 1. The fraction of sp³-hybridized carbons (Fsp3) is 0.188. The summed E-state index contributed by atoms with van der Waals surface area (Å²) in [6, 6.07) is 10.2. The molecule has 0 radical (unpaired) electrons. The number of nitrogens with zero attached hydrogens (tertiary/aromatic N) is 1. The van der Waals surface area contributed by atoms with Crippen LogP contribution in [0.3, 0.4) is 0 Å². The van der Waals surface area contributed by atoms with Gasteiger partial charge in [0.2, 0.25) is 15.9 Å². The third kappa shape index (κ3) is 3.02. The number of piperazine rings is 1. The summed E-state index contributed by atoms with van der Waals surface area (Å²) in [5.41, 5.74) is 0.0142. The Labute approximate surface area is 144 Å². The summed E-state index contributed by atoms with van der Waals surface area (Å²) < 4.78 is 41.1. The van der Waals surface area contributed by atoms with Crippen molar-refractivity contribution < 1.29 is 17.6 Å². The van der Waals surface area contributed by atoms with E-state index in [-0.39, 0.29) is 28.6 Å². The van der Waals surface area contributed by atoms with Gasteiger partial charge in [0, 0.05) is 23.7 Å². The predicted molar refractivity (Wildman–Crippen MR) is 87.5 cm³/mol. The fourth-order valence-corrected chi connectivity index (χ4v) is 4.53. The van der Waals surface area contributed by atoms with E-state index in [2.05, 4.69) is 5.32 Å². The third-order valence-corrected chi connectivity index (χ3v) is 5.87. The van der Waals surface area contributed by atoms with Crippen LogP contribution >= 0.6 is 11.6 Å². The molecule has 2 aromatic carbocycles. The molecule has 1 saturated heterocycles. The highest BCUT2D eigenvalue weighted by Crippen LogP contribution is 2.31. The molecule has 5 nitrogen and oxygen atoms in total. The van der Waals surface area contributed by atoms with Crippen LogP contribution in [0, 0.1) is 5.82 Å². The number of benzene rings is 2. The van der Waals surface area contributed by atoms with Gasteiger partial charge in [-0.3, -0.25) is 4.79 Å². The van der Waals surface area contributed by atoms with Crippen molar-refractivity contribution in [2.75, 3.05) is 13.1 Å². The molecule has 0 spiro atoms. The Morgan fingerprint density at radius 2 is 1.92 bits per heavy atom. The normalized spacial score (nSPS) is 19.1. The van der Waals surface area contributed by atoms with Crippen LogP contribution in [0.15, 0.2) is 53.4 Å². The first-order valence-electron chi connectivity index (χ1n) is 7.21. The Hall–Kier alpha value is -1.96. The van der Waals surface area contributed by atoms with Gasteiger partial charge in [-0.2, -0.15) is 4.31 Å². The highest BCUT2D eigenvalue weighted by molar-refractivity contribution is 7.89. The molecule has 3 rings (SSSR count). The standard InChI is InChI=1S/C16H14ClFN2O3S/c17-11-4-3-5-12(10-11)24(22,23)20-9-8-19-16(21)15(20)13-6-1-2-7-14(13)18/h1-7,10,15H,8-9H2,(H,19,21). The van der Waals surface area contributed by atoms with Gasteiger partial charge in [0.25, 0.3) is 0 Å². The maximum Gasteiger partial charge on any atom is 0.244 e. The van der Waals surface area contributed by atoms with Gasteiger partial charge < -0.3 is 5.32 Å². The zero-order chi connectivity index (χ0) is 17.3. The van der Waals surface area contributed by atoms with E-state index in [9.17, 15) is 17.6 Å². The summed E-state index contributed by atoms with van der Waals surface area (Å²) in [5.74, 6) is -1.19. The van der Waals surface area contributed by atoms with E-state index < -0.39 is 27.8 Å². The number of sulfonamides is 1. The van der Waals surface area contributed by atoms with E-state index in [4.69, 9.17) is 11.6 Å². The number of hydrogen-bond acceptors (Lipinski definition) is 3. The van der Waals surface area contributed by atoms with Crippen LogP contribution in [-0.4, -0.2) is 31.7 Å². The van der Waals surface area contributed by atoms with Crippen molar-refractivity contribution >= 4 is 27.5 Å². The molecule has 1 unspecified atom stereocenters. The number of halogens is 2. The molecule has 1 aliphatic rings. The van der Waals surface area contributed by atoms with Crippen molar-refractivity contribution in [3.05, 3.63) is 64.9 Å². The van der Waals surface area contributed by atoms with Crippen molar-refractivity contribution in [3.8, 4) is 0 Å². The molecular formula is C16H14ClFN2O3S. The SMILES string of the molecule is O=C1NCCN(S(=O)(=O)c2cccc(Cl)c2)C1c1ccccc1F. The molecule has 0 aliphatic carbocycles. The first kappa shape index (κ1) is 16.9. The number of rotatable bonds is 3. The quantitative estimate of drug-likeness (QED) is 0.904. The van der Waals surface area contributed by atoms with E-state index in [1.54, 1.807) is 12.1 Å². The molecule has 126 valence electrons. The van der Waals surface area contributed by atoms with E-state index in [0.717, 1.165) is 4.31 Å². The molecular weight excluding hydrogens is 355 g/mol. The first-order chi connectivity index (χ1) is 11.4. The molecule has 8 heteroatoms. The summed E-state index contributed by atoms with van der Waals surface area (Å²) in [6.45, 7) is 0.198. The van der Waals surface area contributed by atoms with Gasteiger partial charge in [0.1, 0.15) is 11.9 Å². The van der Waals surface area contributed by atoms with Gasteiger partial charge in [-0.1, -0.05) is 35.9 Å². The summed E-state index contributed by atoms with van der Waals surface area (Å²) in [5, 5.41) is 2.85. The van der Waals surface area contributed by atoms with Gasteiger partial charge in [0.15, 0.2) is 0 Å². The lowest BCUT2D eigenvalue weighted by Crippen LogP contribution is -2.52. The van der Waals surface area contributed by atoms with Crippen LogP contribution in [0.2, 0.25) is 5.02 Å². The van der Waals surface area contributed by atoms with Crippen LogP contribution < -0.4 is 5.32 Å². The van der Waals surface area contributed by atoms with Crippen molar-refractivity contribution in [1.29, 1.82) is 0 Å². The van der Waals surface area contributed by atoms with E-state index in [0.29, 0.717) is 0 Å². The third-order valence-electron chi connectivity index (χ3n) is 3.77. The minimum absolute atomic E-state index is 0.0142. The second kappa shape index (κ2) is 6.51. The van der Waals surface area contributed by atoms with Crippen molar-refractivity contribution in [3.63, 3.8) is 0 Å². The first-order valence-corrected chi connectivity index (χ1v) is 9.02. The molecule has 0 bridgehead atoms. The summed E-state index contributed by atoms with van der Waals surface area (Å²) >= 11 is 5.87. The van der Waals surface area contributed by atoms with Gasteiger partial charge in [-0.25, -0.2) is 12.8 Å². The zero-order valence-electron chi connectivity index (χ0n) is 12.4. The minimum Gasteiger partial charge on any atom is -0.353 e. The Morgan fingerprint density at radius 3 is 2.62 bits per heavy atom. The Balaban J connectivity index is 2.10. The van der Waals surface area contributed by atoms with E-state index in [1.165, 1.54) is 36.4 Å². The molecule has 1 aliphatic heterocycles. The summed E-state index contributed by atoms with van der Waals surface area (Å²) in [6.07, 6.45) is 0. The highest BCUT2D eigenvalue weighted by atomic mass is 35.5. The van der Waals surface area contributed by atoms with Crippen LogP contribution in [0.4, 0.5) is 4.39 Å². The molecule has 1 fully saturated rings. The molecule has 1 amide bonds. The molecule has 1 atom stereocenters. The molecule has 1 N–H and O–H groups in total. The smallest absolute Gasteiger partial charge is 0.244 e. The number of nitrogens with one attached hydrogen (secondary N) is 1. The molecule has 2 aromatic rings. The Kier molecular flexibility index (Phi) is 4.58. The van der Waals surface area contributed by atoms with Crippen LogP contribution in [0.1, 0.15) is 11.6 Å². The second-order valence-electron chi connectivity index (χ2n) is 5.29. The molecule has 0 aromatic heterocycles. The maximum absolute atomic E-state index is 14.2. The summed E-state index contributed by atoms with van der Waals surface area (Å²) in [7, 11) is -4.01. The van der Waals surface area contributed by atoms with Gasteiger partial charge >= 0.3 is 0 Å². The molecule has 1 heterocycles. The predicted octanol–water partition coefficient (Wildman–Crippen LogP) is 2.34. The molecule has 24 heavy (non-hydrogen) atoms. The van der Waals surface area contributed by atoms with Gasteiger partial charge in [-0.05, 0) is 24.3 Å². The lowest BCUT2D eigenvalue weighted by atomic mass is 10.0. The average molecular weight is 369 g/mol. The van der Waals surface area contributed by atoms with Crippen LogP contribution in [-0.2, 0) is 14.8 Å². The monoisotopic (exact) mass is 368 g/mol. The van der Waals surface area contributed by atoms with Gasteiger partial charge in [0.05, 0.1) is 4.90 Å². The van der Waals surface area contributed by atoms with E-state index in [1.807, 2.05) is 0 Å². The minimum atomic E-state index is -4.01. The Morgan fingerprint density at radius 1 is 1.17 bits per heavy atom. The van der Waals surface area contributed by atoms with Crippen molar-refractivity contribution in [2.45, 2.75) is 10.9 Å². The molecule has 0 saturated carbocycles. The second-order valence-corrected chi connectivity index (χ2v) is 7.62. The van der Waals surface area contributed by atoms with Crippen LogP contribution in [0.5, 0.6) is 0 Å². The highest BCUT2D eigenvalue weighted by Gasteiger charge is 2.40. The Bertz CT molecular complexity index is 888. The fourth-order valence-electron chi connectivity index (χ4n) is 2.66.